The fourth-order valence-corrected chi connectivity index (χ4v) is 2.80. The molecule has 1 aliphatic carbocycles. The number of amides is 1. The van der Waals surface area contributed by atoms with E-state index in [0.29, 0.717) is 19.1 Å². The van der Waals surface area contributed by atoms with Crippen LogP contribution >= 0.6 is 0 Å². The molecule has 0 spiro atoms. The SMILES string of the molecule is CC(=O)N(CCNS(C)(=O)=O)C1CCCCC1. The first-order valence-electron chi connectivity index (χ1n) is 6.12. The maximum atomic E-state index is 11.5. The van der Waals surface area contributed by atoms with Crippen molar-refractivity contribution < 1.29 is 13.2 Å². The first-order chi connectivity index (χ1) is 7.90. The van der Waals surface area contributed by atoms with Crippen LogP contribution in [0.15, 0.2) is 0 Å². The summed E-state index contributed by atoms with van der Waals surface area (Å²) in [6, 6.07) is 0.294. The lowest BCUT2D eigenvalue weighted by Crippen LogP contribution is -2.44. The molecule has 0 bridgehead atoms. The summed E-state index contributed by atoms with van der Waals surface area (Å²) in [6.45, 7) is 2.32. The number of hydrogen-bond donors (Lipinski definition) is 1. The lowest BCUT2D eigenvalue weighted by atomic mass is 9.94. The summed E-state index contributed by atoms with van der Waals surface area (Å²) in [4.78, 5) is 13.4. The van der Waals surface area contributed by atoms with Crippen molar-refractivity contribution in [2.24, 2.45) is 0 Å². The van der Waals surface area contributed by atoms with Crippen molar-refractivity contribution in [2.75, 3.05) is 19.3 Å². The van der Waals surface area contributed by atoms with Crippen molar-refractivity contribution in [2.45, 2.75) is 45.1 Å². The fraction of sp³-hybridized carbons (Fsp3) is 0.909. The van der Waals surface area contributed by atoms with Gasteiger partial charge in [0.25, 0.3) is 0 Å². The minimum absolute atomic E-state index is 0.0344. The van der Waals surface area contributed by atoms with Crippen molar-refractivity contribution in [3.05, 3.63) is 0 Å². The maximum absolute atomic E-state index is 11.5. The topological polar surface area (TPSA) is 66.5 Å². The highest BCUT2D eigenvalue weighted by molar-refractivity contribution is 7.88. The lowest BCUT2D eigenvalue weighted by Gasteiger charge is -2.33. The van der Waals surface area contributed by atoms with Crippen molar-refractivity contribution in [1.29, 1.82) is 0 Å². The van der Waals surface area contributed by atoms with Crippen LogP contribution in [0.2, 0.25) is 0 Å². The molecule has 0 aliphatic heterocycles. The smallest absolute Gasteiger partial charge is 0.219 e. The molecule has 1 amide bonds. The van der Waals surface area contributed by atoms with Crippen LogP contribution in [0.1, 0.15) is 39.0 Å². The summed E-state index contributed by atoms with van der Waals surface area (Å²) in [5.74, 6) is 0.0344. The molecule has 0 heterocycles. The summed E-state index contributed by atoms with van der Waals surface area (Å²) in [6.07, 6.45) is 6.77. The van der Waals surface area contributed by atoms with Crippen LogP contribution in [0.4, 0.5) is 0 Å². The number of hydrogen-bond acceptors (Lipinski definition) is 3. The molecular weight excluding hydrogens is 240 g/mol. The quantitative estimate of drug-likeness (QED) is 0.794. The molecule has 0 atom stereocenters. The van der Waals surface area contributed by atoms with Gasteiger partial charge in [-0.15, -0.1) is 0 Å². The number of nitrogens with zero attached hydrogens (tertiary/aromatic N) is 1. The average Bonchev–Trinajstić information content (AvgIpc) is 2.23. The highest BCUT2D eigenvalue weighted by Crippen LogP contribution is 2.22. The summed E-state index contributed by atoms with van der Waals surface area (Å²) in [7, 11) is -3.16. The predicted octanol–water partition coefficient (Wildman–Crippen LogP) is 0.717. The van der Waals surface area contributed by atoms with Gasteiger partial charge in [-0.2, -0.15) is 0 Å². The Labute approximate surface area is 104 Å². The molecule has 0 saturated heterocycles. The van der Waals surface area contributed by atoms with Crippen LogP contribution in [0, 0.1) is 0 Å². The molecule has 0 aromatic heterocycles. The Kier molecular flexibility index (Phi) is 5.39. The van der Waals surface area contributed by atoms with Crippen molar-refractivity contribution in [3.63, 3.8) is 0 Å². The number of nitrogens with one attached hydrogen (secondary N) is 1. The Balaban J connectivity index is 2.45. The van der Waals surface area contributed by atoms with Crippen molar-refractivity contribution in [1.82, 2.24) is 9.62 Å². The van der Waals surface area contributed by atoms with E-state index in [-0.39, 0.29) is 5.91 Å². The minimum Gasteiger partial charge on any atom is -0.339 e. The van der Waals surface area contributed by atoms with Gasteiger partial charge in [-0.25, -0.2) is 13.1 Å². The Morgan fingerprint density at radius 3 is 2.35 bits per heavy atom. The monoisotopic (exact) mass is 262 g/mol. The van der Waals surface area contributed by atoms with Gasteiger partial charge in [0.2, 0.25) is 15.9 Å². The second-order valence-electron chi connectivity index (χ2n) is 4.67. The molecule has 1 saturated carbocycles. The Morgan fingerprint density at radius 2 is 1.88 bits per heavy atom. The van der Waals surface area contributed by atoms with Crippen LogP contribution < -0.4 is 4.72 Å². The molecule has 1 rings (SSSR count). The van der Waals surface area contributed by atoms with Gasteiger partial charge in [-0.05, 0) is 12.8 Å². The van der Waals surface area contributed by atoms with Gasteiger partial charge in [0.05, 0.1) is 6.26 Å². The number of carbonyl (C=O) groups is 1. The Morgan fingerprint density at radius 1 is 1.29 bits per heavy atom. The van der Waals surface area contributed by atoms with Crippen LogP contribution in [-0.2, 0) is 14.8 Å². The first kappa shape index (κ1) is 14.4. The largest absolute Gasteiger partial charge is 0.339 e. The normalized spacial score (nSPS) is 18.0. The third-order valence-corrected chi connectivity index (χ3v) is 3.87. The van der Waals surface area contributed by atoms with Crippen LogP contribution in [-0.4, -0.2) is 44.6 Å². The predicted molar refractivity (Wildman–Crippen MR) is 67.1 cm³/mol. The van der Waals surface area contributed by atoms with E-state index in [4.69, 9.17) is 0 Å². The van der Waals surface area contributed by atoms with Crippen LogP contribution in [0.25, 0.3) is 0 Å². The first-order valence-corrected chi connectivity index (χ1v) is 8.01. The molecule has 0 radical (unpaired) electrons. The summed E-state index contributed by atoms with van der Waals surface area (Å²) in [5.41, 5.74) is 0. The van der Waals surface area contributed by atoms with Gasteiger partial charge in [-0.1, -0.05) is 19.3 Å². The Hall–Kier alpha value is -0.620. The van der Waals surface area contributed by atoms with Crippen LogP contribution in [0.5, 0.6) is 0 Å². The molecule has 100 valence electrons. The molecule has 5 nitrogen and oxygen atoms in total. The zero-order chi connectivity index (χ0) is 12.9. The number of rotatable bonds is 5. The van der Waals surface area contributed by atoms with Gasteiger partial charge < -0.3 is 4.90 Å². The maximum Gasteiger partial charge on any atom is 0.219 e. The highest BCUT2D eigenvalue weighted by Gasteiger charge is 2.22. The molecule has 0 aromatic carbocycles. The number of sulfonamides is 1. The van der Waals surface area contributed by atoms with Crippen molar-refractivity contribution >= 4 is 15.9 Å². The fourth-order valence-electron chi connectivity index (χ4n) is 2.34. The van der Waals surface area contributed by atoms with Crippen molar-refractivity contribution in [3.8, 4) is 0 Å². The molecule has 1 aliphatic rings. The average molecular weight is 262 g/mol. The van der Waals surface area contributed by atoms with E-state index < -0.39 is 10.0 Å². The Bertz CT molecular complexity index is 348. The summed E-state index contributed by atoms with van der Waals surface area (Å²) >= 11 is 0. The van der Waals surface area contributed by atoms with Gasteiger partial charge in [0, 0.05) is 26.1 Å². The molecule has 1 fully saturated rings. The second kappa shape index (κ2) is 6.35. The van der Waals surface area contributed by atoms with Gasteiger partial charge >= 0.3 is 0 Å². The van der Waals surface area contributed by atoms with E-state index in [9.17, 15) is 13.2 Å². The van der Waals surface area contributed by atoms with Gasteiger partial charge in [0.15, 0.2) is 0 Å². The lowest BCUT2D eigenvalue weighted by molar-refractivity contribution is -0.131. The molecule has 0 aromatic rings. The third-order valence-electron chi connectivity index (χ3n) is 3.14. The summed E-state index contributed by atoms with van der Waals surface area (Å²) in [5, 5.41) is 0. The minimum atomic E-state index is -3.16. The second-order valence-corrected chi connectivity index (χ2v) is 6.50. The van der Waals surface area contributed by atoms with Crippen LogP contribution in [0.3, 0.4) is 0 Å². The van der Waals surface area contributed by atoms with E-state index in [2.05, 4.69) is 4.72 Å². The third kappa shape index (κ3) is 5.50. The molecule has 6 heteroatoms. The highest BCUT2D eigenvalue weighted by atomic mass is 32.2. The standard InChI is InChI=1S/C11H22N2O3S/c1-10(14)13(9-8-12-17(2,15)16)11-6-4-3-5-7-11/h11-12H,3-9H2,1-2H3. The zero-order valence-electron chi connectivity index (χ0n) is 10.6. The van der Waals surface area contributed by atoms with E-state index in [1.54, 1.807) is 11.8 Å². The van der Waals surface area contributed by atoms with E-state index in [1.807, 2.05) is 0 Å². The van der Waals surface area contributed by atoms with E-state index in [0.717, 1.165) is 31.9 Å². The van der Waals surface area contributed by atoms with E-state index in [1.165, 1.54) is 6.42 Å². The molecule has 0 unspecified atom stereocenters. The molecular formula is C11H22N2O3S. The van der Waals surface area contributed by atoms with E-state index >= 15 is 0 Å². The molecule has 17 heavy (non-hydrogen) atoms. The summed E-state index contributed by atoms with van der Waals surface area (Å²) < 4.78 is 24.3. The van der Waals surface area contributed by atoms with Gasteiger partial charge in [-0.3, -0.25) is 4.79 Å². The number of carbonyl (C=O) groups excluding carboxylic acids is 1. The zero-order valence-corrected chi connectivity index (χ0v) is 11.4. The van der Waals surface area contributed by atoms with Gasteiger partial charge in [0.1, 0.15) is 0 Å². The molecule has 1 N–H and O–H groups in total.